The minimum Gasteiger partial charge on any atom is -0.508 e. The van der Waals surface area contributed by atoms with E-state index in [1.807, 2.05) is 12.1 Å². The lowest BCUT2D eigenvalue weighted by molar-refractivity contribution is -0.697. The molecule has 0 atom stereocenters. The summed E-state index contributed by atoms with van der Waals surface area (Å²) in [6.45, 7) is 8.43. The Bertz CT molecular complexity index is 930. The van der Waals surface area contributed by atoms with Crippen LogP contribution < -0.4 is 9.47 Å². The van der Waals surface area contributed by atoms with Gasteiger partial charge in [0.25, 0.3) is 0 Å². The van der Waals surface area contributed by atoms with Gasteiger partial charge in [-0.05, 0) is 51.8 Å². The molecule has 2 aromatic rings. The molecule has 0 saturated carbocycles. The average Bonchev–Trinajstić information content (AvgIpc) is 2.97. The van der Waals surface area contributed by atoms with Crippen LogP contribution in [-0.2, 0) is 13.0 Å². The van der Waals surface area contributed by atoms with Crippen LogP contribution in [0.25, 0.3) is 12.2 Å². The van der Waals surface area contributed by atoms with E-state index < -0.39 is 0 Å². The number of hydrogen-bond donors (Lipinski definition) is 1. The highest BCUT2D eigenvalue weighted by Gasteiger charge is 2.27. The first kappa shape index (κ1) is 17.2. The molecule has 1 aromatic carbocycles. The Hall–Kier alpha value is -2.20. The summed E-state index contributed by atoms with van der Waals surface area (Å²) in [5.74, 6) is 0.321. The van der Waals surface area contributed by atoms with Crippen molar-refractivity contribution < 1.29 is 9.67 Å². The maximum Gasteiger partial charge on any atom is 0.208 e. The second kappa shape index (κ2) is 6.84. The largest absolute Gasteiger partial charge is 0.508 e. The number of anilines is 1. The third kappa shape index (κ3) is 2.92. The van der Waals surface area contributed by atoms with E-state index in [4.69, 9.17) is 0 Å². The fourth-order valence-electron chi connectivity index (χ4n) is 3.82. The highest BCUT2D eigenvalue weighted by Crippen LogP contribution is 2.47. The lowest BCUT2D eigenvalue weighted by atomic mass is 9.96. The van der Waals surface area contributed by atoms with Crippen molar-refractivity contribution in [2.75, 3.05) is 11.4 Å². The van der Waals surface area contributed by atoms with Crippen molar-refractivity contribution in [3.05, 3.63) is 57.9 Å². The third-order valence-corrected chi connectivity index (χ3v) is 6.29. The number of aromatic hydroxyl groups is 1. The van der Waals surface area contributed by atoms with Crippen molar-refractivity contribution in [2.45, 2.75) is 45.1 Å². The molecule has 134 valence electrons. The van der Waals surface area contributed by atoms with Crippen LogP contribution in [0, 0.1) is 0 Å². The summed E-state index contributed by atoms with van der Waals surface area (Å²) in [5, 5.41) is 11.1. The van der Waals surface area contributed by atoms with Gasteiger partial charge >= 0.3 is 0 Å². The van der Waals surface area contributed by atoms with Crippen molar-refractivity contribution >= 4 is 29.6 Å². The quantitative estimate of drug-likeness (QED) is 0.777. The second-order valence-corrected chi connectivity index (χ2v) is 7.95. The molecule has 26 heavy (non-hydrogen) atoms. The topological polar surface area (TPSA) is 27.4 Å². The van der Waals surface area contributed by atoms with E-state index in [1.54, 1.807) is 17.8 Å². The average molecular weight is 366 g/mol. The Kier molecular flexibility index (Phi) is 4.53. The number of phenols is 1. The zero-order valence-electron chi connectivity index (χ0n) is 15.6. The van der Waals surface area contributed by atoms with Gasteiger partial charge in [-0.15, -0.1) is 0 Å². The summed E-state index contributed by atoms with van der Waals surface area (Å²) >= 11 is 1.78. The molecule has 2 heterocycles. The lowest BCUT2D eigenvalue weighted by Crippen LogP contribution is -2.41. The highest BCUT2D eigenvalue weighted by molar-refractivity contribution is 8.03. The molecule has 1 N–H and O–H groups in total. The Balaban J connectivity index is 1.79. The monoisotopic (exact) mass is 365 g/mol. The number of thioether (sulfide) groups is 1. The predicted molar refractivity (Wildman–Crippen MR) is 109 cm³/mol. The summed E-state index contributed by atoms with van der Waals surface area (Å²) in [4.78, 5) is 3.48. The predicted octanol–water partition coefficient (Wildman–Crippen LogP) is 4.98. The zero-order chi connectivity index (χ0) is 18.3. The molecule has 0 amide bonds. The summed E-state index contributed by atoms with van der Waals surface area (Å²) < 4.78 is 2.42. The molecule has 0 unspecified atom stereocenters. The number of hydrogen-bond acceptors (Lipinski definition) is 3. The molecule has 0 bridgehead atoms. The van der Waals surface area contributed by atoms with Gasteiger partial charge in [-0.2, -0.15) is 4.57 Å². The van der Waals surface area contributed by atoms with E-state index >= 15 is 0 Å². The number of rotatable bonds is 3. The number of nitrogens with zero attached hydrogens (tertiary/aromatic N) is 2. The first-order valence-electron chi connectivity index (χ1n) is 9.33. The van der Waals surface area contributed by atoms with E-state index in [0.717, 1.165) is 31.6 Å². The smallest absolute Gasteiger partial charge is 0.208 e. The summed E-state index contributed by atoms with van der Waals surface area (Å²) in [6, 6.07) is 10.2. The minimum atomic E-state index is 0.321. The number of fused-ring (bicyclic) bond motifs is 2. The van der Waals surface area contributed by atoms with E-state index in [0.29, 0.717) is 5.75 Å². The van der Waals surface area contributed by atoms with Crippen LogP contribution in [0.2, 0.25) is 0 Å². The van der Waals surface area contributed by atoms with E-state index in [9.17, 15) is 5.11 Å². The normalized spacial score (nSPS) is 17.3. The number of benzene rings is 1. The van der Waals surface area contributed by atoms with E-state index in [-0.39, 0.29) is 0 Å². The van der Waals surface area contributed by atoms with Gasteiger partial charge < -0.3 is 10.0 Å². The standard InChI is InChI=1S/C22H24N2OS/c1-4-23-17(9-8-16-7-6-15(3)12-19(16)23)13-22-24(5-2)20-14-18(25)10-11-21(20)26-22/h8-14H,4-7H2,1-3H3/p+1. The van der Waals surface area contributed by atoms with Crippen molar-refractivity contribution in [1.82, 2.24) is 0 Å². The van der Waals surface area contributed by atoms with Crippen molar-refractivity contribution in [3.63, 3.8) is 0 Å². The number of allylic oxidation sites excluding steroid dienone is 1. The summed E-state index contributed by atoms with van der Waals surface area (Å²) in [5.41, 5.74) is 6.58. The molecule has 1 aromatic heterocycles. The maximum absolute atomic E-state index is 9.86. The molecule has 0 fully saturated rings. The first-order chi connectivity index (χ1) is 12.6. The van der Waals surface area contributed by atoms with E-state index in [1.165, 1.54) is 32.4 Å². The molecule has 2 aliphatic rings. The van der Waals surface area contributed by atoms with Gasteiger partial charge in [-0.25, -0.2) is 0 Å². The highest BCUT2D eigenvalue weighted by atomic mass is 32.2. The van der Waals surface area contributed by atoms with Gasteiger partial charge in [0.2, 0.25) is 11.4 Å². The van der Waals surface area contributed by atoms with Gasteiger partial charge in [-0.3, -0.25) is 0 Å². The van der Waals surface area contributed by atoms with Crippen LogP contribution in [0.1, 0.15) is 44.1 Å². The van der Waals surface area contributed by atoms with Gasteiger partial charge in [0, 0.05) is 41.3 Å². The molecule has 0 radical (unpaired) electrons. The molecule has 4 rings (SSSR count). The molecule has 0 spiro atoms. The molecule has 1 aliphatic carbocycles. The van der Waals surface area contributed by atoms with Crippen molar-refractivity contribution in [2.24, 2.45) is 0 Å². The van der Waals surface area contributed by atoms with Gasteiger partial charge in [0.15, 0.2) is 0 Å². The van der Waals surface area contributed by atoms with Crippen LogP contribution >= 0.6 is 11.8 Å². The minimum absolute atomic E-state index is 0.321. The van der Waals surface area contributed by atoms with Gasteiger partial charge in [-0.1, -0.05) is 17.3 Å². The maximum atomic E-state index is 9.86. The first-order valence-corrected chi connectivity index (χ1v) is 10.1. The molecule has 0 saturated heterocycles. The van der Waals surface area contributed by atoms with Crippen LogP contribution in [-0.4, -0.2) is 11.7 Å². The molecule has 4 heteroatoms. The molecule has 1 aliphatic heterocycles. The lowest BCUT2D eigenvalue weighted by Gasteiger charge is -2.18. The fourth-order valence-corrected chi connectivity index (χ4v) is 4.97. The summed E-state index contributed by atoms with van der Waals surface area (Å²) in [7, 11) is 0. The van der Waals surface area contributed by atoms with Crippen LogP contribution in [0.5, 0.6) is 5.75 Å². The number of aromatic nitrogens is 1. The summed E-state index contributed by atoms with van der Waals surface area (Å²) in [6.07, 6.45) is 6.92. The number of aryl methyl sites for hydroxylation is 1. The Morgan fingerprint density at radius 2 is 2.04 bits per heavy atom. The molecular formula is C22H25N2OS+. The Labute approximate surface area is 159 Å². The molecular weight excluding hydrogens is 340 g/mol. The third-order valence-electron chi connectivity index (χ3n) is 5.18. The van der Waals surface area contributed by atoms with Crippen LogP contribution in [0.4, 0.5) is 5.69 Å². The van der Waals surface area contributed by atoms with Crippen molar-refractivity contribution in [1.29, 1.82) is 0 Å². The van der Waals surface area contributed by atoms with Crippen LogP contribution in [0.3, 0.4) is 0 Å². The number of pyridine rings is 1. The molecule has 3 nitrogen and oxygen atoms in total. The van der Waals surface area contributed by atoms with Gasteiger partial charge in [0.1, 0.15) is 12.3 Å². The second-order valence-electron chi connectivity index (χ2n) is 6.88. The SMILES string of the molecule is CCN1C(=Cc2ccc3c([n+]2CC)C=C(C)CC3)Sc2ccc(O)cc21. The Morgan fingerprint density at radius 1 is 1.19 bits per heavy atom. The Morgan fingerprint density at radius 3 is 2.81 bits per heavy atom. The zero-order valence-corrected chi connectivity index (χ0v) is 16.4. The number of phenolic OH excluding ortho intramolecular Hbond substituents is 1. The van der Waals surface area contributed by atoms with Gasteiger partial charge in [0.05, 0.1) is 10.7 Å². The van der Waals surface area contributed by atoms with Crippen molar-refractivity contribution in [3.8, 4) is 5.75 Å². The fraction of sp³-hybridized carbons (Fsp3) is 0.318. The van der Waals surface area contributed by atoms with E-state index in [2.05, 4.69) is 54.5 Å². The van der Waals surface area contributed by atoms with Crippen LogP contribution in [0.15, 0.2) is 45.8 Å².